The van der Waals surface area contributed by atoms with E-state index in [1.165, 1.54) is 11.1 Å². The lowest BCUT2D eigenvalue weighted by molar-refractivity contribution is -0.138. The highest BCUT2D eigenvalue weighted by atomic mass is 35.5. The van der Waals surface area contributed by atoms with Crippen molar-refractivity contribution in [2.75, 3.05) is 26.2 Å². The van der Waals surface area contributed by atoms with E-state index >= 15 is 0 Å². The summed E-state index contributed by atoms with van der Waals surface area (Å²) in [6.07, 6.45) is 5.67. The maximum Gasteiger partial charge on any atom is 0.245 e. The average Bonchev–Trinajstić information content (AvgIpc) is 3.53. The van der Waals surface area contributed by atoms with Gasteiger partial charge in [-0.3, -0.25) is 9.59 Å². The van der Waals surface area contributed by atoms with E-state index in [1.54, 1.807) is 0 Å². The zero-order valence-corrected chi connectivity index (χ0v) is 24.8. The monoisotopic (exact) mass is 582 g/mol. The molecule has 0 unspecified atom stereocenters. The fourth-order valence-corrected chi connectivity index (χ4v) is 6.55. The van der Waals surface area contributed by atoms with Crippen LogP contribution in [0.3, 0.4) is 0 Å². The molecule has 1 aliphatic carbocycles. The third-order valence-corrected chi connectivity index (χ3v) is 8.86. The lowest BCUT2D eigenvalue weighted by Crippen LogP contribution is -2.55. The first-order valence-corrected chi connectivity index (χ1v) is 14.5. The molecule has 1 saturated heterocycles. The van der Waals surface area contributed by atoms with Crippen molar-refractivity contribution >= 4 is 35.1 Å². The molecule has 2 amide bonds. The van der Waals surface area contributed by atoms with Crippen molar-refractivity contribution in [2.45, 2.75) is 75.5 Å². The second kappa shape index (κ2) is 12.9. The summed E-state index contributed by atoms with van der Waals surface area (Å²) >= 11 is 0. The first-order chi connectivity index (χ1) is 19.2. The first-order valence-electron chi connectivity index (χ1n) is 14.5. The zero-order chi connectivity index (χ0) is 28.3. The molecular formula is C32H43ClN4O4. The maximum absolute atomic E-state index is 14.0. The van der Waals surface area contributed by atoms with Gasteiger partial charge in [-0.05, 0) is 67.7 Å². The van der Waals surface area contributed by atoms with Crippen LogP contribution in [-0.2, 0) is 27.8 Å². The van der Waals surface area contributed by atoms with E-state index < -0.39 is 17.7 Å². The van der Waals surface area contributed by atoms with Crippen LogP contribution < -0.4 is 10.6 Å². The van der Waals surface area contributed by atoms with E-state index in [9.17, 15) is 14.7 Å². The van der Waals surface area contributed by atoms with Gasteiger partial charge in [0.25, 0.3) is 0 Å². The van der Waals surface area contributed by atoms with E-state index in [0.29, 0.717) is 19.5 Å². The maximum atomic E-state index is 14.0. The van der Waals surface area contributed by atoms with Crippen molar-refractivity contribution in [2.24, 2.45) is 0 Å². The number of nitrogens with zero attached hydrogens (tertiary/aromatic N) is 1. The number of amides is 2. The molecular weight excluding hydrogens is 540 g/mol. The second-order valence-corrected chi connectivity index (χ2v) is 12.2. The first kappa shape index (κ1) is 31.0. The second-order valence-electron chi connectivity index (χ2n) is 12.2. The molecule has 2 atom stereocenters. The van der Waals surface area contributed by atoms with Crippen LogP contribution >= 0.6 is 12.4 Å². The van der Waals surface area contributed by atoms with Gasteiger partial charge in [0.05, 0.1) is 12.7 Å². The Labute approximate surface area is 248 Å². The molecule has 9 heteroatoms. The number of aliphatic hydroxyl groups excluding tert-OH is 2. The number of aromatic nitrogens is 1. The molecule has 2 aliphatic rings. The van der Waals surface area contributed by atoms with Gasteiger partial charge in [0.15, 0.2) is 0 Å². The Kier molecular flexibility index (Phi) is 9.80. The number of β-amino-alcohol motifs (C(OH)–C–C–N with tert-alkyl or cyclic N) is 1. The fourth-order valence-electron chi connectivity index (χ4n) is 6.55. The minimum Gasteiger partial charge on any atom is -0.394 e. The molecule has 5 N–H and O–H groups in total. The summed E-state index contributed by atoms with van der Waals surface area (Å²) in [6.45, 7) is 4.93. The Balaban J connectivity index is 0.00000387. The Morgan fingerprint density at radius 2 is 1.78 bits per heavy atom. The highest BCUT2D eigenvalue weighted by Crippen LogP contribution is 2.46. The van der Waals surface area contributed by atoms with Gasteiger partial charge in [0.1, 0.15) is 6.04 Å². The molecule has 3 aromatic rings. The summed E-state index contributed by atoms with van der Waals surface area (Å²) in [5.74, 6) is -0.270. The van der Waals surface area contributed by atoms with Crippen molar-refractivity contribution in [3.05, 3.63) is 71.4 Å². The highest BCUT2D eigenvalue weighted by molar-refractivity contribution is 5.90. The van der Waals surface area contributed by atoms with Gasteiger partial charge >= 0.3 is 0 Å². The molecule has 2 heterocycles. The van der Waals surface area contributed by atoms with E-state index in [1.807, 2.05) is 49.2 Å². The SMILES string of the molecule is CC(C)(CC(=O)N[C@H](Cc1c[nH]c2ccccc12)C(=O)N1CCC2(CCc3ccccc32)CC1)NC[C@H](O)CO.Cl. The number of benzene rings is 2. The van der Waals surface area contributed by atoms with Gasteiger partial charge < -0.3 is 30.7 Å². The summed E-state index contributed by atoms with van der Waals surface area (Å²) in [4.78, 5) is 32.5. The van der Waals surface area contributed by atoms with E-state index in [4.69, 9.17) is 5.11 Å². The van der Waals surface area contributed by atoms with Crippen LogP contribution in [0.25, 0.3) is 10.9 Å². The topological polar surface area (TPSA) is 118 Å². The van der Waals surface area contributed by atoms with Crippen LogP contribution in [-0.4, -0.2) is 75.8 Å². The Morgan fingerprint density at radius 1 is 1.07 bits per heavy atom. The number of H-pyrrole nitrogens is 1. The van der Waals surface area contributed by atoms with Gasteiger partial charge in [-0.25, -0.2) is 0 Å². The van der Waals surface area contributed by atoms with E-state index in [2.05, 4.69) is 39.9 Å². The molecule has 2 aromatic carbocycles. The largest absolute Gasteiger partial charge is 0.394 e. The number of para-hydroxylation sites is 1. The number of halogens is 1. The van der Waals surface area contributed by atoms with Crippen LogP contribution in [0.4, 0.5) is 0 Å². The average molecular weight is 583 g/mol. The van der Waals surface area contributed by atoms with Crippen LogP contribution in [0.15, 0.2) is 54.7 Å². The quantitative estimate of drug-likeness (QED) is 0.252. The van der Waals surface area contributed by atoms with Gasteiger partial charge in [-0.2, -0.15) is 0 Å². The van der Waals surface area contributed by atoms with Crippen molar-refractivity contribution in [3.8, 4) is 0 Å². The highest BCUT2D eigenvalue weighted by Gasteiger charge is 2.42. The standard InChI is InChI=1S/C32H42N4O4.ClH/c1-31(2,34-20-24(38)21-37)18-29(39)35-28(17-23-19-33-27-10-6-4-8-25(23)27)30(40)36-15-13-32(14-16-36)12-11-22-7-3-5-9-26(22)32;/h3-10,19,24,28,33-34,37-38H,11-18,20-21H2,1-2H3,(H,35,39);1H/t24-,28+;/m0./s1. The number of carbonyl (C=O) groups is 2. The summed E-state index contributed by atoms with van der Waals surface area (Å²) < 4.78 is 0. The van der Waals surface area contributed by atoms with Crippen LogP contribution in [0, 0.1) is 0 Å². The molecule has 8 nitrogen and oxygen atoms in total. The smallest absolute Gasteiger partial charge is 0.245 e. The summed E-state index contributed by atoms with van der Waals surface area (Å²) in [6, 6.07) is 16.0. The molecule has 0 saturated carbocycles. The molecule has 222 valence electrons. The zero-order valence-electron chi connectivity index (χ0n) is 24.0. The Hall–Kier alpha value is -2.91. The van der Waals surface area contributed by atoms with Gasteiger partial charge in [0, 0.05) is 55.1 Å². The number of aryl methyl sites for hydroxylation is 1. The summed E-state index contributed by atoms with van der Waals surface area (Å²) in [5, 5.41) is 26.1. The van der Waals surface area contributed by atoms with E-state index in [0.717, 1.165) is 42.1 Å². The molecule has 1 fully saturated rings. The normalized spacial score (nSPS) is 17.6. The summed E-state index contributed by atoms with van der Waals surface area (Å²) in [5.41, 5.74) is 4.42. The van der Waals surface area contributed by atoms with Crippen molar-refractivity contribution < 1.29 is 19.8 Å². The van der Waals surface area contributed by atoms with Crippen molar-refractivity contribution in [3.63, 3.8) is 0 Å². The minimum atomic E-state index is -0.896. The number of hydrogen-bond donors (Lipinski definition) is 5. The number of aromatic amines is 1. The summed E-state index contributed by atoms with van der Waals surface area (Å²) in [7, 11) is 0. The fraction of sp³-hybridized carbons (Fsp3) is 0.500. The van der Waals surface area contributed by atoms with E-state index in [-0.39, 0.29) is 49.2 Å². The predicted octanol–water partition coefficient (Wildman–Crippen LogP) is 3.24. The number of hydrogen-bond acceptors (Lipinski definition) is 5. The Bertz CT molecular complexity index is 1350. The molecule has 1 spiro atoms. The molecule has 41 heavy (non-hydrogen) atoms. The third kappa shape index (κ3) is 6.95. The molecule has 1 aliphatic heterocycles. The molecule has 1 aromatic heterocycles. The van der Waals surface area contributed by atoms with Gasteiger partial charge in [-0.15, -0.1) is 12.4 Å². The lowest BCUT2D eigenvalue weighted by atomic mass is 9.74. The number of nitrogens with one attached hydrogen (secondary N) is 3. The van der Waals surface area contributed by atoms with Gasteiger partial charge in [-0.1, -0.05) is 42.5 Å². The van der Waals surface area contributed by atoms with Crippen LogP contribution in [0.1, 0.15) is 56.2 Å². The molecule has 5 rings (SSSR count). The number of aliphatic hydroxyl groups is 2. The number of likely N-dealkylation sites (tertiary alicyclic amines) is 1. The van der Waals surface area contributed by atoms with Crippen LogP contribution in [0.2, 0.25) is 0 Å². The number of fused-ring (bicyclic) bond motifs is 3. The van der Waals surface area contributed by atoms with Crippen molar-refractivity contribution in [1.29, 1.82) is 0 Å². The third-order valence-electron chi connectivity index (χ3n) is 8.86. The minimum absolute atomic E-state index is 0. The van der Waals surface area contributed by atoms with Crippen molar-refractivity contribution in [1.82, 2.24) is 20.5 Å². The number of carbonyl (C=O) groups excluding carboxylic acids is 2. The van der Waals surface area contributed by atoms with Crippen LogP contribution in [0.5, 0.6) is 0 Å². The molecule has 0 radical (unpaired) electrons. The Morgan fingerprint density at radius 3 is 2.54 bits per heavy atom. The number of rotatable bonds is 10. The lowest BCUT2D eigenvalue weighted by Gasteiger charge is -2.41. The molecule has 0 bridgehead atoms. The predicted molar refractivity (Wildman–Crippen MR) is 163 cm³/mol. The number of piperidine rings is 1. The van der Waals surface area contributed by atoms with Gasteiger partial charge in [0.2, 0.25) is 11.8 Å².